The summed E-state index contributed by atoms with van der Waals surface area (Å²) in [5.41, 5.74) is 2.36. The average Bonchev–Trinajstić information content (AvgIpc) is 3.19. The highest BCUT2D eigenvalue weighted by Gasteiger charge is 2.18. The van der Waals surface area contributed by atoms with Crippen molar-refractivity contribution in [3.63, 3.8) is 0 Å². The summed E-state index contributed by atoms with van der Waals surface area (Å²) in [6.45, 7) is 5.66. The number of nitrogens with zero attached hydrogens (tertiary/aromatic N) is 1. The molecule has 0 bridgehead atoms. The molecule has 1 aliphatic rings. The lowest BCUT2D eigenvalue weighted by atomic mass is 10.1. The summed E-state index contributed by atoms with van der Waals surface area (Å²) in [4.78, 5) is 14.9. The van der Waals surface area contributed by atoms with Crippen LogP contribution in [0.2, 0.25) is 0 Å². The Bertz CT molecular complexity index is 742. The largest absolute Gasteiger partial charge is 0.481 e. The van der Waals surface area contributed by atoms with Crippen LogP contribution in [0.4, 0.5) is 4.39 Å². The molecule has 0 spiro atoms. The lowest BCUT2D eigenvalue weighted by Crippen LogP contribution is -2.37. The molecule has 0 radical (unpaired) electrons. The van der Waals surface area contributed by atoms with E-state index in [9.17, 15) is 9.18 Å². The second kappa shape index (κ2) is 9.51. The van der Waals surface area contributed by atoms with Gasteiger partial charge in [0.1, 0.15) is 11.6 Å². The molecule has 4 nitrogen and oxygen atoms in total. The van der Waals surface area contributed by atoms with Gasteiger partial charge in [-0.05, 0) is 67.7 Å². The van der Waals surface area contributed by atoms with Gasteiger partial charge in [0.25, 0.3) is 5.91 Å². The van der Waals surface area contributed by atoms with Crippen molar-refractivity contribution in [1.29, 1.82) is 0 Å². The van der Waals surface area contributed by atoms with Gasteiger partial charge in [-0.3, -0.25) is 9.69 Å². The molecule has 0 aliphatic carbocycles. The molecule has 0 saturated carbocycles. The summed E-state index contributed by atoms with van der Waals surface area (Å²) in [7, 11) is 0. The summed E-state index contributed by atoms with van der Waals surface area (Å²) >= 11 is 0. The van der Waals surface area contributed by atoms with E-state index in [1.165, 1.54) is 55.8 Å². The fourth-order valence-corrected chi connectivity index (χ4v) is 3.34. The molecule has 1 amide bonds. The Kier molecular flexibility index (Phi) is 6.82. The molecular formula is C22H27FN2O2. The third-order valence-corrected chi connectivity index (χ3v) is 4.82. The number of nitrogens with one attached hydrogen (secondary N) is 1. The highest BCUT2D eigenvalue weighted by atomic mass is 19.1. The van der Waals surface area contributed by atoms with Gasteiger partial charge in [-0.15, -0.1) is 0 Å². The Labute approximate surface area is 160 Å². The normalized spacial score (nSPS) is 15.5. The lowest BCUT2D eigenvalue weighted by molar-refractivity contribution is -0.128. The van der Waals surface area contributed by atoms with Gasteiger partial charge in [0, 0.05) is 13.1 Å². The van der Waals surface area contributed by atoms with Crippen LogP contribution in [0.25, 0.3) is 0 Å². The number of hydrogen-bond donors (Lipinski definition) is 1. The molecule has 1 aliphatic heterocycles. The maximum Gasteiger partial charge on any atom is 0.261 e. The average molecular weight is 370 g/mol. The second-order valence-electron chi connectivity index (χ2n) is 6.99. The van der Waals surface area contributed by atoms with E-state index in [4.69, 9.17) is 4.74 Å². The zero-order valence-corrected chi connectivity index (χ0v) is 15.8. The van der Waals surface area contributed by atoms with Crippen LogP contribution in [-0.2, 0) is 17.9 Å². The molecule has 0 aromatic heterocycles. The van der Waals surface area contributed by atoms with Crippen molar-refractivity contribution in [3.05, 3.63) is 65.5 Å². The number of benzene rings is 2. The number of likely N-dealkylation sites (tertiary alicyclic amines) is 1. The second-order valence-corrected chi connectivity index (χ2v) is 6.99. The number of halogens is 1. The van der Waals surface area contributed by atoms with Crippen molar-refractivity contribution in [2.24, 2.45) is 0 Å². The fraction of sp³-hybridized carbons (Fsp3) is 0.409. The van der Waals surface area contributed by atoms with Crippen LogP contribution >= 0.6 is 0 Å². The van der Waals surface area contributed by atoms with Crippen molar-refractivity contribution in [1.82, 2.24) is 10.2 Å². The van der Waals surface area contributed by atoms with E-state index in [2.05, 4.69) is 22.3 Å². The molecule has 2 aromatic rings. The number of carbonyl (C=O) groups is 1. The molecular weight excluding hydrogens is 343 g/mol. The van der Waals surface area contributed by atoms with Gasteiger partial charge in [0.2, 0.25) is 0 Å². The first-order chi connectivity index (χ1) is 13.1. The number of amides is 1. The molecule has 5 heteroatoms. The number of hydrogen-bond acceptors (Lipinski definition) is 3. The zero-order chi connectivity index (χ0) is 19.1. The molecule has 1 unspecified atom stereocenters. The molecule has 3 rings (SSSR count). The maximum absolute atomic E-state index is 13.0. The third kappa shape index (κ3) is 5.79. The zero-order valence-electron chi connectivity index (χ0n) is 15.8. The monoisotopic (exact) mass is 370 g/mol. The van der Waals surface area contributed by atoms with Gasteiger partial charge in [0.15, 0.2) is 6.10 Å². The van der Waals surface area contributed by atoms with Crippen LogP contribution in [0.5, 0.6) is 5.75 Å². The molecule has 1 saturated heterocycles. The Morgan fingerprint density at radius 2 is 1.85 bits per heavy atom. The minimum Gasteiger partial charge on any atom is -0.481 e. The van der Waals surface area contributed by atoms with Gasteiger partial charge < -0.3 is 10.1 Å². The quantitative estimate of drug-likeness (QED) is 0.766. The van der Waals surface area contributed by atoms with E-state index in [1.54, 1.807) is 0 Å². The Balaban J connectivity index is 1.53. The number of ether oxygens (including phenoxy) is 1. The van der Waals surface area contributed by atoms with E-state index in [0.29, 0.717) is 18.7 Å². The highest BCUT2D eigenvalue weighted by molar-refractivity contribution is 5.81. The first-order valence-electron chi connectivity index (χ1n) is 9.64. The third-order valence-electron chi connectivity index (χ3n) is 4.82. The van der Waals surface area contributed by atoms with Crippen LogP contribution in [0, 0.1) is 5.82 Å². The molecule has 1 fully saturated rings. The van der Waals surface area contributed by atoms with E-state index in [1.807, 2.05) is 19.1 Å². The van der Waals surface area contributed by atoms with Gasteiger partial charge in [-0.1, -0.05) is 31.2 Å². The van der Waals surface area contributed by atoms with Crippen LogP contribution in [0.3, 0.4) is 0 Å². The SMILES string of the molecule is CCC(Oc1ccc(F)cc1)C(=O)NCc1cccc(CN2CCCC2)c1. The van der Waals surface area contributed by atoms with Gasteiger partial charge >= 0.3 is 0 Å². The maximum atomic E-state index is 13.0. The molecule has 2 aromatic carbocycles. The van der Waals surface area contributed by atoms with E-state index in [0.717, 1.165) is 12.1 Å². The molecule has 27 heavy (non-hydrogen) atoms. The van der Waals surface area contributed by atoms with Crippen LogP contribution < -0.4 is 10.1 Å². The summed E-state index contributed by atoms with van der Waals surface area (Å²) < 4.78 is 18.7. The predicted octanol–water partition coefficient (Wildman–Crippen LogP) is 3.90. The van der Waals surface area contributed by atoms with Gasteiger partial charge in [0.05, 0.1) is 0 Å². The Morgan fingerprint density at radius 3 is 2.56 bits per heavy atom. The van der Waals surface area contributed by atoms with Crippen molar-refractivity contribution in [2.75, 3.05) is 13.1 Å². The molecule has 1 atom stereocenters. The number of carbonyl (C=O) groups excluding carboxylic acids is 1. The summed E-state index contributed by atoms with van der Waals surface area (Å²) in [6.07, 6.45) is 2.51. The lowest BCUT2D eigenvalue weighted by Gasteiger charge is -2.18. The number of rotatable bonds is 8. The Hall–Kier alpha value is -2.40. The van der Waals surface area contributed by atoms with Crippen LogP contribution in [-0.4, -0.2) is 30.0 Å². The summed E-state index contributed by atoms with van der Waals surface area (Å²) in [5.74, 6) is 0.00597. The van der Waals surface area contributed by atoms with Crippen LogP contribution in [0.15, 0.2) is 48.5 Å². The minimum atomic E-state index is -0.594. The molecule has 144 valence electrons. The van der Waals surface area contributed by atoms with Crippen molar-refractivity contribution in [3.8, 4) is 5.75 Å². The van der Waals surface area contributed by atoms with E-state index in [-0.39, 0.29) is 11.7 Å². The topological polar surface area (TPSA) is 41.6 Å². The van der Waals surface area contributed by atoms with Crippen molar-refractivity contribution in [2.45, 2.75) is 45.4 Å². The predicted molar refractivity (Wildman–Crippen MR) is 104 cm³/mol. The standard InChI is InChI=1S/C22H27FN2O2/c1-2-21(27-20-10-8-19(23)9-11-20)22(26)24-15-17-6-5-7-18(14-17)16-25-12-3-4-13-25/h5-11,14,21H,2-4,12-13,15-16H2,1H3,(H,24,26). The van der Waals surface area contributed by atoms with Crippen LogP contribution in [0.1, 0.15) is 37.3 Å². The van der Waals surface area contributed by atoms with Gasteiger partial charge in [-0.2, -0.15) is 0 Å². The minimum absolute atomic E-state index is 0.160. The van der Waals surface area contributed by atoms with Crippen molar-refractivity contribution < 1.29 is 13.9 Å². The van der Waals surface area contributed by atoms with E-state index < -0.39 is 6.10 Å². The smallest absolute Gasteiger partial charge is 0.261 e. The van der Waals surface area contributed by atoms with Gasteiger partial charge in [-0.25, -0.2) is 4.39 Å². The highest BCUT2D eigenvalue weighted by Crippen LogP contribution is 2.16. The van der Waals surface area contributed by atoms with E-state index >= 15 is 0 Å². The molecule has 1 heterocycles. The first kappa shape index (κ1) is 19.4. The summed E-state index contributed by atoms with van der Waals surface area (Å²) in [5, 5.41) is 2.95. The van der Waals surface area contributed by atoms with Crippen molar-refractivity contribution >= 4 is 5.91 Å². The Morgan fingerprint density at radius 1 is 1.15 bits per heavy atom. The molecule has 1 N–H and O–H groups in total. The first-order valence-corrected chi connectivity index (χ1v) is 9.64. The fourth-order valence-electron chi connectivity index (χ4n) is 3.34. The summed E-state index contributed by atoms with van der Waals surface area (Å²) in [6, 6.07) is 14.1.